The molecule has 0 saturated heterocycles. The van der Waals surface area contributed by atoms with Crippen molar-refractivity contribution in [3.63, 3.8) is 0 Å². The summed E-state index contributed by atoms with van der Waals surface area (Å²) in [5, 5.41) is 11.8. The number of nitrogens with one attached hydrogen (secondary N) is 1. The van der Waals surface area contributed by atoms with Crippen LogP contribution >= 0.6 is 0 Å². The number of hydrogen-bond acceptors (Lipinski definition) is 4. The largest absolute Gasteiger partial charge is 0.394 e. The first kappa shape index (κ1) is 14.5. The Morgan fingerprint density at radius 2 is 2.22 bits per heavy atom. The summed E-state index contributed by atoms with van der Waals surface area (Å²) in [5.41, 5.74) is 1.52. The van der Waals surface area contributed by atoms with Crippen molar-refractivity contribution in [1.82, 2.24) is 5.32 Å². The van der Waals surface area contributed by atoms with Crippen molar-refractivity contribution in [2.24, 2.45) is 0 Å². The third kappa shape index (κ3) is 4.01. The van der Waals surface area contributed by atoms with E-state index in [9.17, 15) is 4.79 Å². The van der Waals surface area contributed by atoms with Crippen LogP contribution in [0.25, 0.3) is 0 Å². The van der Waals surface area contributed by atoms with Crippen molar-refractivity contribution >= 4 is 11.6 Å². The molecule has 0 aliphatic heterocycles. The molecule has 1 aromatic carbocycles. The Labute approximate surface area is 107 Å². The molecule has 1 atom stereocenters. The summed E-state index contributed by atoms with van der Waals surface area (Å²) in [4.78, 5) is 13.9. The van der Waals surface area contributed by atoms with Crippen LogP contribution in [0.4, 0.5) is 5.69 Å². The summed E-state index contributed by atoms with van der Waals surface area (Å²) >= 11 is 0. The second-order valence-electron chi connectivity index (χ2n) is 4.25. The molecule has 0 aromatic heterocycles. The first-order chi connectivity index (χ1) is 8.58. The van der Waals surface area contributed by atoms with Gasteiger partial charge in [0.1, 0.15) is 0 Å². The van der Waals surface area contributed by atoms with Gasteiger partial charge in [-0.1, -0.05) is 6.07 Å². The zero-order valence-electron chi connectivity index (χ0n) is 11.0. The van der Waals surface area contributed by atoms with E-state index < -0.39 is 0 Å². The van der Waals surface area contributed by atoms with Crippen molar-refractivity contribution in [3.05, 3.63) is 29.8 Å². The minimum atomic E-state index is -0.384. The van der Waals surface area contributed by atoms with Gasteiger partial charge in [0, 0.05) is 32.5 Å². The lowest BCUT2D eigenvalue weighted by atomic mass is 10.1. The molecule has 0 fully saturated rings. The second kappa shape index (κ2) is 6.98. The number of rotatable bonds is 6. The van der Waals surface area contributed by atoms with E-state index in [-0.39, 0.29) is 25.2 Å². The van der Waals surface area contributed by atoms with Crippen molar-refractivity contribution in [3.8, 4) is 0 Å². The highest BCUT2D eigenvalue weighted by Crippen LogP contribution is 2.13. The average molecular weight is 252 g/mol. The molecule has 0 heterocycles. The van der Waals surface area contributed by atoms with Gasteiger partial charge in [-0.15, -0.1) is 0 Å². The summed E-state index contributed by atoms with van der Waals surface area (Å²) in [7, 11) is 5.36. The standard InChI is InChI=1S/C13H20N2O3/c1-15(2)12-6-4-5-10(7-12)13(17)14-11(8-16)9-18-3/h4-7,11,16H,8-9H2,1-3H3,(H,14,17). The maximum Gasteiger partial charge on any atom is 0.251 e. The normalized spacial score (nSPS) is 12.0. The molecule has 5 heteroatoms. The maximum atomic E-state index is 12.0. The second-order valence-corrected chi connectivity index (χ2v) is 4.25. The lowest BCUT2D eigenvalue weighted by molar-refractivity contribution is 0.0839. The Hall–Kier alpha value is -1.59. The minimum Gasteiger partial charge on any atom is -0.394 e. The van der Waals surface area contributed by atoms with E-state index in [1.54, 1.807) is 12.1 Å². The molecule has 100 valence electrons. The van der Waals surface area contributed by atoms with Crippen LogP contribution in [-0.2, 0) is 4.74 Å². The van der Waals surface area contributed by atoms with Crippen LogP contribution in [0.3, 0.4) is 0 Å². The molecular weight excluding hydrogens is 232 g/mol. The van der Waals surface area contributed by atoms with E-state index in [0.717, 1.165) is 5.69 Å². The van der Waals surface area contributed by atoms with Crippen molar-refractivity contribution in [2.45, 2.75) is 6.04 Å². The number of methoxy groups -OCH3 is 1. The number of amides is 1. The Morgan fingerprint density at radius 1 is 1.50 bits per heavy atom. The molecular formula is C13H20N2O3. The van der Waals surface area contributed by atoms with Crippen LogP contribution in [0.2, 0.25) is 0 Å². The highest BCUT2D eigenvalue weighted by molar-refractivity contribution is 5.95. The molecule has 0 saturated carbocycles. The van der Waals surface area contributed by atoms with Gasteiger partial charge in [-0.05, 0) is 18.2 Å². The number of carbonyl (C=O) groups is 1. The predicted molar refractivity (Wildman–Crippen MR) is 71.0 cm³/mol. The molecule has 0 aliphatic rings. The molecule has 5 nitrogen and oxygen atoms in total. The average Bonchev–Trinajstić information content (AvgIpc) is 2.38. The summed E-state index contributed by atoms with van der Waals surface area (Å²) in [6.07, 6.45) is 0. The molecule has 1 aromatic rings. The summed E-state index contributed by atoms with van der Waals surface area (Å²) < 4.78 is 4.91. The quantitative estimate of drug-likeness (QED) is 0.773. The zero-order valence-corrected chi connectivity index (χ0v) is 11.0. The number of nitrogens with zero attached hydrogens (tertiary/aromatic N) is 1. The Bertz CT molecular complexity index is 394. The van der Waals surface area contributed by atoms with E-state index in [1.807, 2.05) is 31.1 Å². The Kier molecular flexibility index (Phi) is 5.61. The number of carbonyl (C=O) groups excluding carboxylic acids is 1. The number of aliphatic hydroxyl groups excluding tert-OH is 1. The van der Waals surface area contributed by atoms with Gasteiger partial charge in [0.05, 0.1) is 19.3 Å². The van der Waals surface area contributed by atoms with Crippen LogP contribution in [0.15, 0.2) is 24.3 Å². The zero-order chi connectivity index (χ0) is 13.5. The molecule has 18 heavy (non-hydrogen) atoms. The fraction of sp³-hybridized carbons (Fsp3) is 0.462. The number of aliphatic hydroxyl groups is 1. The topological polar surface area (TPSA) is 61.8 Å². The van der Waals surface area contributed by atoms with Crippen LogP contribution < -0.4 is 10.2 Å². The SMILES string of the molecule is COCC(CO)NC(=O)c1cccc(N(C)C)c1. The van der Waals surface area contributed by atoms with Crippen LogP contribution in [0.5, 0.6) is 0 Å². The van der Waals surface area contributed by atoms with Gasteiger partial charge in [-0.2, -0.15) is 0 Å². The third-order valence-corrected chi connectivity index (χ3v) is 2.55. The summed E-state index contributed by atoms with van der Waals surface area (Å²) in [5.74, 6) is -0.213. The van der Waals surface area contributed by atoms with Gasteiger partial charge < -0.3 is 20.1 Å². The molecule has 0 aliphatic carbocycles. The van der Waals surface area contributed by atoms with Crippen LogP contribution in [0.1, 0.15) is 10.4 Å². The number of hydrogen-bond donors (Lipinski definition) is 2. The van der Waals surface area contributed by atoms with Gasteiger partial charge in [0.2, 0.25) is 0 Å². The Balaban J connectivity index is 2.74. The Morgan fingerprint density at radius 3 is 2.78 bits per heavy atom. The predicted octanol–water partition coefficient (Wildman–Crippen LogP) is 0.490. The number of benzene rings is 1. The number of anilines is 1. The van der Waals surface area contributed by atoms with E-state index in [1.165, 1.54) is 7.11 Å². The monoisotopic (exact) mass is 252 g/mol. The molecule has 0 bridgehead atoms. The first-order valence-electron chi connectivity index (χ1n) is 5.76. The van der Waals surface area contributed by atoms with Crippen LogP contribution in [0, 0.1) is 0 Å². The van der Waals surface area contributed by atoms with Gasteiger partial charge in [-0.25, -0.2) is 0 Å². The fourth-order valence-corrected chi connectivity index (χ4v) is 1.54. The van der Waals surface area contributed by atoms with Gasteiger partial charge >= 0.3 is 0 Å². The third-order valence-electron chi connectivity index (χ3n) is 2.55. The summed E-state index contributed by atoms with van der Waals surface area (Å²) in [6.45, 7) is 0.141. The van der Waals surface area contributed by atoms with Crippen molar-refractivity contribution < 1.29 is 14.6 Å². The molecule has 2 N–H and O–H groups in total. The fourth-order valence-electron chi connectivity index (χ4n) is 1.54. The minimum absolute atomic E-state index is 0.146. The maximum absolute atomic E-state index is 12.0. The lowest BCUT2D eigenvalue weighted by Gasteiger charge is -2.17. The molecule has 1 amide bonds. The summed E-state index contributed by atoms with van der Waals surface area (Å²) in [6, 6.07) is 6.91. The molecule has 0 spiro atoms. The smallest absolute Gasteiger partial charge is 0.251 e. The molecule has 0 radical (unpaired) electrons. The van der Waals surface area contributed by atoms with Crippen molar-refractivity contribution in [1.29, 1.82) is 0 Å². The van der Waals surface area contributed by atoms with Gasteiger partial charge in [-0.3, -0.25) is 4.79 Å². The van der Waals surface area contributed by atoms with E-state index in [4.69, 9.17) is 9.84 Å². The molecule has 1 rings (SSSR count). The number of ether oxygens (including phenoxy) is 1. The van der Waals surface area contributed by atoms with Crippen molar-refractivity contribution in [2.75, 3.05) is 39.3 Å². The van der Waals surface area contributed by atoms with E-state index in [2.05, 4.69) is 5.32 Å². The van der Waals surface area contributed by atoms with Gasteiger partial charge in [0.25, 0.3) is 5.91 Å². The highest BCUT2D eigenvalue weighted by Gasteiger charge is 2.13. The molecule has 1 unspecified atom stereocenters. The van der Waals surface area contributed by atoms with E-state index in [0.29, 0.717) is 5.56 Å². The first-order valence-corrected chi connectivity index (χ1v) is 5.76. The van der Waals surface area contributed by atoms with Crippen LogP contribution in [-0.4, -0.2) is 51.5 Å². The van der Waals surface area contributed by atoms with E-state index >= 15 is 0 Å². The van der Waals surface area contributed by atoms with Gasteiger partial charge in [0.15, 0.2) is 0 Å². The highest BCUT2D eigenvalue weighted by atomic mass is 16.5. The lowest BCUT2D eigenvalue weighted by Crippen LogP contribution is -2.40.